The first kappa shape index (κ1) is 16.4. The van der Waals surface area contributed by atoms with Gasteiger partial charge in [0.15, 0.2) is 0 Å². The van der Waals surface area contributed by atoms with E-state index in [4.69, 9.17) is 4.74 Å². The maximum absolute atomic E-state index is 11.4. The van der Waals surface area contributed by atoms with Crippen LogP contribution in [0.2, 0.25) is 0 Å². The van der Waals surface area contributed by atoms with Gasteiger partial charge in [-0.1, -0.05) is 33.1 Å². The average Bonchev–Trinajstić information content (AvgIpc) is 2.34. The molecule has 0 fully saturated rings. The molecule has 17 heavy (non-hydrogen) atoms. The van der Waals surface area contributed by atoms with E-state index in [0.29, 0.717) is 25.6 Å². The third-order valence-electron chi connectivity index (χ3n) is 2.89. The van der Waals surface area contributed by atoms with Crippen molar-refractivity contribution in [3.8, 4) is 0 Å². The summed E-state index contributed by atoms with van der Waals surface area (Å²) in [5.41, 5.74) is 0. The molecule has 102 valence electrons. The van der Waals surface area contributed by atoms with Gasteiger partial charge < -0.3 is 15.4 Å². The Balaban J connectivity index is 3.48. The fraction of sp³-hybridized carbons (Fsp3) is 0.923. The van der Waals surface area contributed by atoms with E-state index >= 15 is 0 Å². The molecule has 0 aliphatic heterocycles. The molecule has 1 unspecified atom stereocenters. The minimum absolute atomic E-state index is 0.0485. The van der Waals surface area contributed by atoms with Crippen molar-refractivity contribution in [2.24, 2.45) is 5.92 Å². The van der Waals surface area contributed by atoms with Gasteiger partial charge in [0, 0.05) is 13.7 Å². The number of unbranched alkanes of at least 4 members (excludes halogenated alkanes) is 1. The van der Waals surface area contributed by atoms with Crippen LogP contribution in [0.15, 0.2) is 0 Å². The summed E-state index contributed by atoms with van der Waals surface area (Å²) in [5.74, 6) is 0.745. The van der Waals surface area contributed by atoms with Crippen molar-refractivity contribution in [1.82, 2.24) is 10.6 Å². The van der Waals surface area contributed by atoms with Crippen LogP contribution in [0.4, 0.5) is 0 Å². The molecule has 2 N–H and O–H groups in total. The number of carbonyl (C=O) groups is 1. The van der Waals surface area contributed by atoms with Crippen molar-refractivity contribution in [3.63, 3.8) is 0 Å². The molecule has 0 aromatic carbocycles. The minimum Gasteiger partial charge on any atom is -0.383 e. The van der Waals surface area contributed by atoms with Crippen LogP contribution in [0.25, 0.3) is 0 Å². The minimum atomic E-state index is 0.0485. The first-order chi connectivity index (χ1) is 8.24. The number of amides is 1. The molecule has 0 saturated heterocycles. The number of hydrogen-bond acceptors (Lipinski definition) is 3. The molecule has 0 spiro atoms. The number of methoxy groups -OCH3 is 1. The smallest absolute Gasteiger partial charge is 0.234 e. The molecule has 0 aromatic heterocycles. The zero-order chi connectivity index (χ0) is 12.9. The molecule has 0 bridgehead atoms. The highest BCUT2D eigenvalue weighted by Crippen LogP contribution is 2.10. The quantitative estimate of drug-likeness (QED) is 0.542. The summed E-state index contributed by atoms with van der Waals surface area (Å²) in [6, 6.07) is 0. The highest BCUT2D eigenvalue weighted by atomic mass is 16.5. The molecule has 0 saturated carbocycles. The van der Waals surface area contributed by atoms with Gasteiger partial charge in [0.05, 0.1) is 13.2 Å². The van der Waals surface area contributed by atoms with E-state index in [-0.39, 0.29) is 5.91 Å². The van der Waals surface area contributed by atoms with Crippen LogP contribution in [0.1, 0.15) is 39.5 Å². The normalized spacial score (nSPS) is 12.4. The van der Waals surface area contributed by atoms with Crippen LogP contribution in [0, 0.1) is 5.92 Å². The van der Waals surface area contributed by atoms with Crippen molar-refractivity contribution < 1.29 is 9.53 Å². The number of rotatable bonds is 11. The monoisotopic (exact) mass is 244 g/mol. The summed E-state index contributed by atoms with van der Waals surface area (Å²) in [7, 11) is 1.63. The van der Waals surface area contributed by atoms with Crippen LogP contribution in [-0.4, -0.2) is 39.3 Å². The molecule has 0 rings (SSSR count). The van der Waals surface area contributed by atoms with Crippen molar-refractivity contribution in [1.29, 1.82) is 0 Å². The van der Waals surface area contributed by atoms with E-state index in [2.05, 4.69) is 24.5 Å². The fourth-order valence-electron chi connectivity index (χ4n) is 1.69. The molecule has 4 nitrogen and oxygen atoms in total. The molecule has 0 radical (unpaired) electrons. The standard InChI is InChI=1S/C13H28N2O2/c1-4-6-7-12(5-2)10-14-11-13(16)15-8-9-17-3/h12,14H,4-11H2,1-3H3,(H,15,16). The molecule has 0 heterocycles. The van der Waals surface area contributed by atoms with Crippen LogP contribution >= 0.6 is 0 Å². The Morgan fingerprint density at radius 2 is 2.12 bits per heavy atom. The highest BCUT2D eigenvalue weighted by Gasteiger charge is 2.06. The van der Waals surface area contributed by atoms with Gasteiger partial charge in [-0.3, -0.25) is 4.79 Å². The molecule has 0 aromatic rings. The zero-order valence-electron chi connectivity index (χ0n) is 11.6. The van der Waals surface area contributed by atoms with Crippen molar-refractivity contribution >= 4 is 5.91 Å². The summed E-state index contributed by atoms with van der Waals surface area (Å²) in [4.78, 5) is 11.4. The van der Waals surface area contributed by atoms with E-state index in [1.807, 2.05) is 0 Å². The predicted octanol–water partition coefficient (Wildman–Crippen LogP) is 1.55. The van der Waals surface area contributed by atoms with Gasteiger partial charge in [-0.05, 0) is 18.9 Å². The van der Waals surface area contributed by atoms with Gasteiger partial charge in [-0.15, -0.1) is 0 Å². The summed E-state index contributed by atoms with van der Waals surface area (Å²) in [6.45, 7) is 6.93. The second kappa shape index (κ2) is 11.9. The lowest BCUT2D eigenvalue weighted by atomic mass is 9.99. The first-order valence-corrected chi connectivity index (χ1v) is 6.70. The zero-order valence-corrected chi connectivity index (χ0v) is 11.6. The molecule has 1 atom stereocenters. The SMILES string of the molecule is CCCCC(CC)CNCC(=O)NCCOC. The molecular weight excluding hydrogens is 216 g/mol. The molecule has 4 heteroatoms. The number of carbonyl (C=O) groups excluding carboxylic acids is 1. The molecule has 0 aliphatic rings. The van der Waals surface area contributed by atoms with Gasteiger partial charge in [0.1, 0.15) is 0 Å². The van der Waals surface area contributed by atoms with Gasteiger partial charge in [-0.2, -0.15) is 0 Å². The van der Waals surface area contributed by atoms with E-state index in [9.17, 15) is 4.79 Å². The Bertz CT molecular complexity index is 186. The van der Waals surface area contributed by atoms with Crippen LogP contribution < -0.4 is 10.6 Å². The average molecular weight is 244 g/mol. The van der Waals surface area contributed by atoms with E-state index < -0.39 is 0 Å². The number of ether oxygens (including phenoxy) is 1. The van der Waals surface area contributed by atoms with Gasteiger partial charge >= 0.3 is 0 Å². The second-order valence-electron chi connectivity index (χ2n) is 4.39. The van der Waals surface area contributed by atoms with Gasteiger partial charge in [-0.25, -0.2) is 0 Å². The third-order valence-corrected chi connectivity index (χ3v) is 2.89. The predicted molar refractivity (Wildman–Crippen MR) is 71.1 cm³/mol. The lowest BCUT2D eigenvalue weighted by molar-refractivity contribution is -0.120. The van der Waals surface area contributed by atoms with Gasteiger partial charge in [0.25, 0.3) is 0 Å². The van der Waals surface area contributed by atoms with Crippen molar-refractivity contribution in [2.45, 2.75) is 39.5 Å². The molecule has 0 aliphatic carbocycles. The van der Waals surface area contributed by atoms with Crippen LogP contribution in [0.3, 0.4) is 0 Å². The van der Waals surface area contributed by atoms with E-state index in [0.717, 1.165) is 6.54 Å². The second-order valence-corrected chi connectivity index (χ2v) is 4.39. The van der Waals surface area contributed by atoms with E-state index in [1.54, 1.807) is 7.11 Å². The Morgan fingerprint density at radius 1 is 1.35 bits per heavy atom. The van der Waals surface area contributed by atoms with E-state index in [1.165, 1.54) is 25.7 Å². The summed E-state index contributed by atoms with van der Waals surface area (Å²) < 4.78 is 4.86. The molecular formula is C13H28N2O2. The summed E-state index contributed by atoms with van der Waals surface area (Å²) in [6.07, 6.45) is 4.96. The Morgan fingerprint density at radius 3 is 2.71 bits per heavy atom. The lowest BCUT2D eigenvalue weighted by Crippen LogP contribution is -2.37. The first-order valence-electron chi connectivity index (χ1n) is 6.70. The summed E-state index contributed by atoms with van der Waals surface area (Å²) >= 11 is 0. The Kier molecular flexibility index (Phi) is 11.4. The topological polar surface area (TPSA) is 50.4 Å². The maximum atomic E-state index is 11.4. The van der Waals surface area contributed by atoms with Crippen molar-refractivity contribution in [3.05, 3.63) is 0 Å². The largest absolute Gasteiger partial charge is 0.383 e. The van der Waals surface area contributed by atoms with Crippen molar-refractivity contribution in [2.75, 3.05) is 33.4 Å². The van der Waals surface area contributed by atoms with Crippen LogP contribution in [0.5, 0.6) is 0 Å². The Hall–Kier alpha value is -0.610. The molecule has 1 amide bonds. The number of nitrogens with one attached hydrogen (secondary N) is 2. The maximum Gasteiger partial charge on any atom is 0.234 e. The Labute approximate surface area is 105 Å². The van der Waals surface area contributed by atoms with Crippen LogP contribution in [-0.2, 0) is 9.53 Å². The fourth-order valence-corrected chi connectivity index (χ4v) is 1.69. The summed E-state index contributed by atoms with van der Waals surface area (Å²) in [5, 5.41) is 6.01. The highest BCUT2D eigenvalue weighted by molar-refractivity contribution is 5.77. The van der Waals surface area contributed by atoms with Gasteiger partial charge in [0.2, 0.25) is 5.91 Å². The lowest BCUT2D eigenvalue weighted by Gasteiger charge is -2.15. The number of hydrogen-bond donors (Lipinski definition) is 2. The third kappa shape index (κ3) is 10.3.